The first kappa shape index (κ1) is 17.5. The second-order valence-electron chi connectivity index (χ2n) is 5.97. The van der Waals surface area contributed by atoms with Gasteiger partial charge < -0.3 is 14.8 Å². The van der Waals surface area contributed by atoms with E-state index in [4.69, 9.17) is 9.47 Å². The Bertz CT molecular complexity index is 1030. The predicted molar refractivity (Wildman–Crippen MR) is 98.0 cm³/mol. The van der Waals surface area contributed by atoms with Crippen molar-refractivity contribution in [1.29, 1.82) is 0 Å². The van der Waals surface area contributed by atoms with Crippen LogP contribution in [0, 0.1) is 10.1 Å². The lowest BCUT2D eigenvalue weighted by Crippen LogP contribution is -2.13. The normalized spacial score (nSPS) is 12.9. The lowest BCUT2D eigenvalue weighted by molar-refractivity contribution is -0.384. The Morgan fingerprint density at radius 1 is 1.14 bits per heavy atom. The number of nitro groups is 1. The fourth-order valence-corrected chi connectivity index (χ4v) is 2.78. The molecule has 0 fully saturated rings. The van der Waals surface area contributed by atoms with Gasteiger partial charge in [-0.3, -0.25) is 14.9 Å². The summed E-state index contributed by atoms with van der Waals surface area (Å²) in [5.74, 6) is 0.675. The molecule has 0 unspecified atom stereocenters. The zero-order chi connectivity index (χ0) is 19.5. The van der Waals surface area contributed by atoms with Gasteiger partial charge >= 0.3 is 0 Å². The molecule has 2 heterocycles. The summed E-state index contributed by atoms with van der Waals surface area (Å²) in [6, 6.07) is 9.21. The Labute approximate surface area is 158 Å². The molecule has 0 atom stereocenters. The van der Waals surface area contributed by atoms with E-state index < -0.39 is 10.8 Å². The molecule has 1 aliphatic heterocycles. The van der Waals surface area contributed by atoms with E-state index in [1.807, 2.05) is 0 Å². The fraction of sp³-hybridized carbons (Fsp3) is 0.167. The topological polar surface area (TPSA) is 121 Å². The van der Waals surface area contributed by atoms with Gasteiger partial charge in [-0.05, 0) is 24.3 Å². The summed E-state index contributed by atoms with van der Waals surface area (Å²) < 4.78 is 12.4. The Morgan fingerprint density at radius 2 is 1.96 bits per heavy atom. The standard InChI is InChI=1S/C18H15N5O5/c24-18(21-13-3-5-16-17(9-13)28-7-1-6-27-16)12-2-4-14(15(8-12)23(25)26)22-11-19-10-20-22/h2-5,8-11H,1,6-7H2,(H,21,24). The first-order valence-corrected chi connectivity index (χ1v) is 8.46. The van der Waals surface area contributed by atoms with E-state index >= 15 is 0 Å². The van der Waals surface area contributed by atoms with Crippen molar-refractivity contribution in [2.45, 2.75) is 6.42 Å². The molecule has 10 heteroatoms. The number of hydrogen-bond donors (Lipinski definition) is 1. The quantitative estimate of drug-likeness (QED) is 0.544. The Morgan fingerprint density at radius 3 is 2.71 bits per heavy atom. The number of ether oxygens (including phenoxy) is 2. The van der Waals surface area contributed by atoms with Gasteiger partial charge in [0, 0.05) is 29.8 Å². The van der Waals surface area contributed by atoms with Gasteiger partial charge in [0.15, 0.2) is 11.5 Å². The van der Waals surface area contributed by atoms with Gasteiger partial charge in [0.05, 0.1) is 18.1 Å². The number of nitro benzene ring substituents is 1. The number of benzene rings is 2. The minimum Gasteiger partial charge on any atom is -0.490 e. The van der Waals surface area contributed by atoms with Crippen LogP contribution in [-0.2, 0) is 0 Å². The van der Waals surface area contributed by atoms with Crippen LogP contribution >= 0.6 is 0 Å². The highest BCUT2D eigenvalue weighted by Crippen LogP contribution is 2.32. The van der Waals surface area contributed by atoms with E-state index in [2.05, 4.69) is 15.4 Å². The van der Waals surface area contributed by atoms with Crippen LogP contribution in [0.1, 0.15) is 16.8 Å². The molecule has 0 bridgehead atoms. The van der Waals surface area contributed by atoms with E-state index in [0.717, 1.165) is 6.42 Å². The summed E-state index contributed by atoms with van der Waals surface area (Å²) in [4.78, 5) is 27.2. The number of hydrogen-bond acceptors (Lipinski definition) is 7. The maximum atomic E-state index is 12.6. The number of nitrogens with one attached hydrogen (secondary N) is 1. The van der Waals surface area contributed by atoms with E-state index in [-0.39, 0.29) is 16.9 Å². The van der Waals surface area contributed by atoms with Gasteiger partial charge in [0.1, 0.15) is 18.3 Å². The van der Waals surface area contributed by atoms with Crippen LogP contribution in [0.15, 0.2) is 49.1 Å². The van der Waals surface area contributed by atoms with Gasteiger partial charge in [0.2, 0.25) is 0 Å². The van der Waals surface area contributed by atoms with Crippen LogP contribution in [0.25, 0.3) is 5.69 Å². The molecular formula is C18H15N5O5. The first-order valence-electron chi connectivity index (χ1n) is 8.46. The Hall–Kier alpha value is -3.95. The smallest absolute Gasteiger partial charge is 0.295 e. The lowest BCUT2D eigenvalue weighted by atomic mass is 10.1. The van der Waals surface area contributed by atoms with Crippen molar-refractivity contribution in [1.82, 2.24) is 14.8 Å². The van der Waals surface area contributed by atoms with Crippen LogP contribution in [0.5, 0.6) is 11.5 Å². The zero-order valence-corrected chi connectivity index (χ0v) is 14.6. The first-order chi connectivity index (χ1) is 13.6. The van der Waals surface area contributed by atoms with E-state index in [9.17, 15) is 14.9 Å². The van der Waals surface area contributed by atoms with Gasteiger partial charge in [-0.2, -0.15) is 5.10 Å². The van der Waals surface area contributed by atoms with Crippen molar-refractivity contribution in [2.75, 3.05) is 18.5 Å². The third-order valence-electron chi connectivity index (χ3n) is 4.11. The molecule has 1 aliphatic rings. The summed E-state index contributed by atoms with van der Waals surface area (Å²) in [6.45, 7) is 1.10. The van der Waals surface area contributed by atoms with Crippen molar-refractivity contribution >= 4 is 17.3 Å². The van der Waals surface area contributed by atoms with Crippen molar-refractivity contribution in [3.05, 3.63) is 64.7 Å². The van der Waals surface area contributed by atoms with E-state index in [0.29, 0.717) is 30.4 Å². The van der Waals surface area contributed by atoms with E-state index in [1.165, 1.54) is 35.5 Å². The SMILES string of the molecule is O=C(Nc1ccc2c(c1)OCCCO2)c1ccc(-n2cncn2)c([N+](=O)[O-])c1. The Balaban J connectivity index is 1.59. The molecule has 0 saturated heterocycles. The van der Waals surface area contributed by atoms with Gasteiger partial charge in [-0.1, -0.05) is 0 Å². The highest BCUT2D eigenvalue weighted by atomic mass is 16.6. The van der Waals surface area contributed by atoms with Crippen LogP contribution < -0.4 is 14.8 Å². The van der Waals surface area contributed by atoms with Crippen LogP contribution in [0.3, 0.4) is 0 Å². The number of carbonyl (C=O) groups excluding carboxylic acids is 1. The summed E-state index contributed by atoms with van der Waals surface area (Å²) in [6.07, 6.45) is 3.40. The van der Waals surface area contributed by atoms with Gasteiger partial charge in [-0.25, -0.2) is 9.67 Å². The molecular weight excluding hydrogens is 366 g/mol. The number of rotatable bonds is 4. The highest BCUT2D eigenvalue weighted by Gasteiger charge is 2.20. The minimum absolute atomic E-state index is 0.141. The summed E-state index contributed by atoms with van der Waals surface area (Å²) in [5.41, 5.74) is 0.603. The number of anilines is 1. The molecule has 1 aromatic heterocycles. The van der Waals surface area contributed by atoms with Crippen LogP contribution in [0.2, 0.25) is 0 Å². The second kappa shape index (κ2) is 7.35. The molecule has 1 N–H and O–H groups in total. The van der Waals surface area contributed by atoms with Gasteiger partial charge in [-0.15, -0.1) is 0 Å². The van der Waals surface area contributed by atoms with Crippen molar-refractivity contribution in [3.63, 3.8) is 0 Å². The average Bonchev–Trinajstić information content (AvgIpc) is 3.13. The molecule has 3 aromatic rings. The molecule has 4 rings (SSSR count). The molecule has 0 spiro atoms. The van der Waals surface area contributed by atoms with Crippen molar-refractivity contribution in [2.24, 2.45) is 0 Å². The highest BCUT2D eigenvalue weighted by molar-refractivity contribution is 6.05. The largest absolute Gasteiger partial charge is 0.490 e. The summed E-state index contributed by atoms with van der Waals surface area (Å²) in [7, 11) is 0. The summed E-state index contributed by atoms with van der Waals surface area (Å²) >= 11 is 0. The zero-order valence-electron chi connectivity index (χ0n) is 14.6. The molecule has 10 nitrogen and oxygen atoms in total. The molecule has 1 amide bonds. The van der Waals surface area contributed by atoms with Crippen molar-refractivity contribution < 1.29 is 19.2 Å². The molecule has 2 aromatic carbocycles. The number of fused-ring (bicyclic) bond motifs is 1. The molecule has 0 aliphatic carbocycles. The number of carbonyl (C=O) groups is 1. The monoisotopic (exact) mass is 381 g/mol. The minimum atomic E-state index is -0.568. The van der Waals surface area contributed by atoms with Crippen LogP contribution in [0.4, 0.5) is 11.4 Å². The molecule has 142 valence electrons. The van der Waals surface area contributed by atoms with E-state index in [1.54, 1.807) is 18.2 Å². The molecule has 0 radical (unpaired) electrons. The lowest BCUT2D eigenvalue weighted by Gasteiger charge is -2.11. The number of nitrogens with zero attached hydrogens (tertiary/aromatic N) is 4. The number of amides is 1. The fourth-order valence-electron chi connectivity index (χ4n) is 2.78. The third-order valence-corrected chi connectivity index (χ3v) is 4.11. The molecule has 0 saturated carbocycles. The van der Waals surface area contributed by atoms with Gasteiger partial charge in [0.25, 0.3) is 11.6 Å². The predicted octanol–water partition coefficient (Wildman–Crippen LogP) is 2.59. The Kier molecular flexibility index (Phi) is 4.58. The maximum Gasteiger partial charge on any atom is 0.295 e. The maximum absolute atomic E-state index is 12.6. The number of aromatic nitrogens is 3. The van der Waals surface area contributed by atoms with Crippen LogP contribution in [-0.4, -0.2) is 38.8 Å². The second-order valence-corrected chi connectivity index (χ2v) is 5.97. The third kappa shape index (κ3) is 3.47. The molecule has 28 heavy (non-hydrogen) atoms. The van der Waals surface area contributed by atoms with Crippen molar-refractivity contribution in [3.8, 4) is 17.2 Å². The summed E-state index contributed by atoms with van der Waals surface area (Å²) in [5, 5.41) is 18.0. The average molecular weight is 381 g/mol.